The Morgan fingerprint density at radius 3 is 1.64 bits per heavy atom. The average Bonchev–Trinajstić information content (AvgIpc) is 3.49. The van der Waals surface area contributed by atoms with Gasteiger partial charge in [-0.15, -0.1) is 0 Å². The van der Waals surface area contributed by atoms with Crippen molar-refractivity contribution in [1.29, 1.82) is 0 Å². The van der Waals surface area contributed by atoms with Gasteiger partial charge in [-0.05, 0) is 60.4 Å². The van der Waals surface area contributed by atoms with Crippen LogP contribution in [0.15, 0.2) is 137 Å². The summed E-state index contributed by atoms with van der Waals surface area (Å²) in [5, 5.41) is 8.71. The van der Waals surface area contributed by atoms with E-state index in [1.165, 1.54) is 11.8 Å². The highest BCUT2D eigenvalue weighted by atomic mass is 32.2. The quantitative estimate of drug-likeness (QED) is 0.231. The summed E-state index contributed by atoms with van der Waals surface area (Å²) in [5.41, 5.74) is 3.86. The Morgan fingerprint density at radius 2 is 1.08 bits per heavy atom. The van der Waals surface area contributed by atoms with E-state index in [2.05, 4.69) is 0 Å². The molecule has 4 aromatic rings. The van der Waals surface area contributed by atoms with Crippen LogP contribution in [0.1, 0.15) is 5.56 Å². The van der Waals surface area contributed by atoms with Gasteiger partial charge in [0.15, 0.2) is 5.11 Å². The van der Waals surface area contributed by atoms with Gasteiger partial charge in [0.2, 0.25) is 0 Å². The fourth-order valence-corrected chi connectivity index (χ4v) is 5.63. The van der Waals surface area contributed by atoms with Crippen LogP contribution in [0.25, 0.3) is 0 Å². The summed E-state index contributed by atoms with van der Waals surface area (Å²) in [6.45, 7) is 0. The molecule has 2 heterocycles. The monoisotopic (exact) mass is 504 g/mol. The molecule has 0 unspecified atom stereocenters. The fraction of sp³-hybridized carbons (Fsp3) is 0. The summed E-state index contributed by atoms with van der Waals surface area (Å²) in [6, 6.07) is 39.1. The Hall–Kier alpha value is -4.20. The number of hydrogen-bond acceptors (Lipinski definition) is 5. The number of anilines is 3. The van der Waals surface area contributed by atoms with Gasteiger partial charge >= 0.3 is 0 Å². The molecule has 0 N–H and O–H groups in total. The Labute approximate surface area is 219 Å². The van der Waals surface area contributed by atoms with Gasteiger partial charge in [0.05, 0.1) is 11.4 Å². The summed E-state index contributed by atoms with van der Waals surface area (Å²) >= 11 is 7.40. The van der Waals surface area contributed by atoms with E-state index < -0.39 is 0 Å². The number of hydrogen-bond donors (Lipinski definition) is 0. The third-order valence-electron chi connectivity index (χ3n) is 5.84. The van der Waals surface area contributed by atoms with Crippen molar-refractivity contribution in [2.24, 2.45) is 5.10 Å². The number of rotatable bonds is 4. The Morgan fingerprint density at radius 1 is 0.611 bits per heavy atom. The van der Waals surface area contributed by atoms with Crippen LogP contribution < -0.4 is 14.8 Å². The number of nitrogens with zero attached hydrogens (tertiary/aromatic N) is 4. The lowest BCUT2D eigenvalue weighted by Crippen LogP contribution is -2.32. The fourth-order valence-electron chi connectivity index (χ4n) is 4.17. The lowest BCUT2D eigenvalue weighted by Gasteiger charge is -2.23. The van der Waals surface area contributed by atoms with E-state index in [9.17, 15) is 4.79 Å². The average molecular weight is 505 g/mol. The molecular weight excluding hydrogens is 484 g/mol. The maximum absolute atomic E-state index is 14.2. The highest BCUT2D eigenvalue weighted by Gasteiger charge is 2.45. The van der Waals surface area contributed by atoms with Crippen molar-refractivity contribution < 1.29 is 4.79 Å². The summed E-state index contributed by atoms with van der Waals surface area (Å²) < 4.78 is 0. The van der Waals surface area contributed by atoms with Gasteiger partial charge in [-0.1, -0.05) is 84.9 Å². The van der Waals surface area contributed by atoms with Crippen LogP contribution in [0.2, 0.25) is 0 Å². The van der Waals surface area contributed by atoms with Crippen LogP contribution in [0.5, 0.6) is 0 Å². The molecule has 1 fully saturated rings. The molecular formula is C29H20N4OS2. The summed E-state index contributed by atoms with van der Waals surface area (Å²) in [5.74, 6) is -0.192. The van der Waals surface area contributed by atoms with Gasteiger partial charge < -0.3 is 0 Å². The van der Waals surface area contributed by atoms with E-state index in [0.29, 0.717) is 15.8 Å². The lowest BCUT2D eigenvalue weighted by atomic mass is 10.2. The molecule has 0 saturated carbocycles. The third-order valence-corrected chi connectivity index (χ3v) is 7.28. The summed E-state index contributed by atoms with van der Waals surface area (Å²) in [6.07, 6.45) is 0. The van der Waals surface area contributed by atoms with E-state index in [-0.39, 0.29) is 5.91 Å². The lowest BCUT2D eigenvalue weighted by molar-refractivity contribution is -0.113. The molecule has 0 spiro atoms. The van der Waals surface area contributed by atoms with Gasteiger partial charge in [-0.3, -0.25) is 14.6 Å². The molecule has 0 bridgehead atoms. The molecule has 0 atom stereocenters. The standard InChI is InChI=1S/C29H20N4OS2/c34-27-25(31(22-15-7-2-8-16-22)29(35)32(27)23-17-9-3-10-18-23)28-33(24-19-11-4-12-20-24)30-26(36-28)21-13-5-1-6-14-21/h1-20H. The van der Waals surface area contributed by atoms with E-state index in [4.69, 9.17) is 17.3 Å². The van der Waals surface area contributed by atoms with Crippen molar-refractivity contribution >= 4 is 57.1 Å². The number of thiocarbonyl (C=S) groups is 1. The maximum atomic E-state index is 14.2. The van der Waals surface area contributed by atoms with Crippen molar-refractivity contribution in [2.75, 3.05) is 14.8 Å². The highest BCUT2D eigenvalue weighted by Crippen LogP contribution is 2.43. The van der Waals surface area contributed by atoms with Crippen LogP contribution in [-0.2, 0) is 4.79 Å². The second-order valence-corrected chi connectivity index (χ2v) is 9.45. The molecule has 0 aliphatic carbocycles. The van der Waals surface area contributed by atoms with E-state index in [1.807, 2.05) is 131 Å². The molecule has 1 saturated heterocycles. The summed E-state index contributed by atoms with van der Waals surface area (Å²) in [7, 11) is 0. The first kappa shape index (κ1) is 22.3. The highest BCUT2D eigenvalue weighted by molar-refractivity contribution is 8.18. The minimum absolute atomic E-state index is 0.192. The van der Waals surface area contributed by atoms with Crippen molar-refractivity contribution in [1.82, 2.24) is 0 Å². The largest absolute Gasteiger partial charge is 0.284 e. The summed E-state index contributed by atoms with van der Waals surface area (Å²) in [4.78, 5) is 17.6. The zero-order chi connectivity index (χ0) is 24.5. The maximum Gasteiger partial charge on any atom is 0.284 e. The molecule has 5 nitrogen and oxygen atoms in total. The predicted molar refractivity (Wildman–Crippen MR) is 152 cm³/mol. The number of carbonyl (C=O) groups excluding carboxylic acids is 1. The number of para-hydroxylation sites is 3. The van der Waals surface area contributed by atoms with Gasteiger partial charge in [0.1, 0.15) is 15.8 Å². The number of carbonyl (C=O) groups is 1. The van der Waals surface area contributed by atoms with Crippen LogP contribution in [0.3, 0.4) is 0 Å². The van der Waals surface area contributed by atoms with Crippen LogP contribution in [0, 0.1) is 0 Å². The Balaban J connectivity index is 1.56. The normalized spacial score (nSPS) is 17.7. The number of amides is 1. The molecule has 2 aliphatic rings. The molecule has 0 radical (unpaired) electrons. The number of thioether (sulfide) groups is 1. The molecule has 1 amide bonds. The smallest absolute Gasteiger partial charge is 0.279 e. The van der Waals surface area contributed by atoms with E-state index in [0.717, 1.165) is 27.7 Å². The molecule has 2 aliphatic heterocycles. The van der Waals surface area contributed by atoms with Crippen molar-refractivity contribution in [3.63, 3.8) is 0 Å². The van der Waals surface area contributed by atoms with Crippen LogP contribution in [-0.4, -0.2) is 16.1 Å². The van der Waals surface area contributed by atoms with Gasteiger partial charge in [0.25, 0.3) is 5.91 Å². The predicted octanol–water partition coefficient (Wildman–Crippen LogP) is 6.61. The topological polar surface area (TPSA) is 39.2 Å². The van der Waals surface area contributed by atoms with E-state index in [1.54, 1.807) is 4.90 Å². The van der Waals surface area contributed by atoms with Crippen molar-refractivity contribution in [3.8, 4) is 0 Å². The second kappa shape index (κ2) is 9.45. The van der Waals surface area contributed by atoms with E-state index >= 15 is 0 Å². The third kappa shape index (κ3) is 3.88. The molecule has 174 valence electrons. The zero-order valence-electron chi connectivity index (χ0n) is 19.1. The molecule has 36 heavy (non-hydrogen) atoms. The first-order valence-corrected chi connectivity index (χ1v) is 12.6. The van der Waals surface area contributed by atoms with Crippen molar-refractivity contribution in [2.45, 2.75) is 0 Å². The van der Waals surface area contributed by atoms with Gasteiger partial charge in [-0.25, -0.2) is 5.01 Å². The minimum Gasteiger partial charge on any atom is -0.279 e. The minimum atomic E-state index is -0.192. The SMILES string of the molecule is O=C1C(=C2SC(c3ccccc3)=NN2c2ccccc2)N(c2ccccc2)C(=S)N1c1ccccc1. The number of hydrazone groups is 1. The zero-order valence-corrected chi connectivity index (χ0v) is 20.7. The Bertz CT molecular complexity index is 1490. The molecule has 4 aromatic carbocycles. The first-order chi connectivity index (χ1) is 17.7. The Kier molecular flexibility index (Phi) is 5.85. The second-order valence-electron chi connectivity index (χ2n) is 8.10. The van der Waals surface area contributed by atoms with Gasteiger partial charge in [-0.2, -0.15) is 5.10 Å². The van der Waals surface area contributed by atoms with Crippen LogP contribution >= 0.6 is 24.0 Å². The van der Waals surface area contributed by atoms with Crippen LogP contribution in [0.4, 0.5) is 17.1 Å². The van der Waals surface area contributed by atoms with Gasteiger partial charge in [0, 0.05) is 11.3 Å². The number of benzene rings is 4. The molecule has 6 rings (SSSR count). The molecule has 7 heteroatoms. The molecule has 0 aromatic heterocycles. The first-order valence-electron chi connectivity index (χ1n) is 11.4. The van der Waals surface area contributed by atoms with Crippen molar-refractivity contribution in [3.05, 3.63) is 138 Å².